The number of anilines is 1. The quantitative estimate of drug-likeness (QED) is 0.468. The summed E-state index contributed by atoms with van der Waals surface area (Å²) in [6.45, 7) is 6.28. The minimum atomic E-state index is -0.294. The molecule has 3 aromatic rings. The number of hydrogen-bond acceptors (Lipinski definition) is 5. The van der Waals surface area contributed by atoms with Gasteiger partial charge in [0.2, 0.25) is 5.91 Å². The van der Waals surface area contributed by atoms with E-state index in [1.807, 2.05) is 26.0 Å². The summed E-state index contributed by atoms with van der Waals surface area (Å²) in [5.74, 6) is 0.184. The van der Waals surface area contributed by atoms with Crippen molar-refractivity contribution < 1.29 is 14.0 Å². The van der Waals surface area contributed by atoms with Gasteiger partial charge in [0.1, 0.15) is 12.4 Å². The molecule has 188 valence electrons. The Bertz CT molecular complexity index is 1180. The first-order valence-electron chi connectivity index (χ1n) is 12.0. The molecule has 36 heavy (non-hydrogen) atoms. The zero-order valence-corrected chi connectivity index (χ0v) is 21.2. The average Bonchev–Trinajstić information content (AvgIpc) is 2.92. The fraction of sp³-hybridized carbons (Fsp3) is 0.333. The summed E-state index contributed by atoms with van der Waals surface area (Å²) in [6, 6.07) is 16.5. The maximum atomic E-state index is 13.2. The van der Waals surface area contributed by atoms with Crippen LogP contribution in [0.3, 0.4) is 0 Å². The summed E-state index contributed by atoms with van der Waals surface area (Å²) in [7, 11) is 0. The second-order valence-electron chi connectivity index (χ2n) is 8.85. The minimum absolute atomic E-state index is 0.0304. The summed E-state index contributed by atoms with van der Waals surface area (Å²) in [5.41, 5.74) is 1.98. The van der Waals surface area contributed by atoms with E-state index in [9.17, 15) is 14.0 Å². The number of carbonyl (C=O) groups excluding carboxylic acids is 2. The number of piperazine rings is 1. The fourth-order valence-electron chi connectivity index (χ4n) is 4.11. The van der Waals surface area contributed by atoms with Crippen molar-refractivity contribution in [1.29, 1.82) is 0 Å². The van der Waals surface area contributed by atoms with Crippen molar-refractivity contribution in [3.8, 4) is 11.3 Å². The third-order valence-electron chi connectivity index (χ3n) is 6.53. The number of nitrogens with zero attached hydrogens (tertiary/aromatic N) is 5. The van der Waals surface area contributed by atoms with Gasteiger partial charge in [-0.2, -0.15) is 0 Å². The lowest BCUT2D eigenvalue weighted by Gasteiger charge is -2.37. The number of halogens is 2. The monoisotopic (exact) mass is 509 g/mol. The van der Waals surface area contributed by atoms with Crippen LogP contribution in [0.1, 0.15) is 30.6 Å². The van der Waals surface area contributed by atoms with Crippen LogP contribution in [0.5, 0.6) is 0 Å². The molecule has 9 heteroatoms. The molecule has 7 nitrogen and oxygen atoms in total. The van der Waals surface area contributed by atoms with Crippen LogP contribution in [0.15, 0.2) is 60.7 Å². The van der Waals surface area contributed by atoms with Gasteiger partial charge in [-0.05, 0) is 74.0 Å². The van der Waals surface area contributed by atoms with E-state index in [4.69, 9.17) is 11.6 Å². The number of hydrogen-bond donors (Lipinski definition) is 0. The van der Waals surface area contributed by atoms with E-state index < -0.39 is 0 Å². The van der Waals surface area contributed by atoms with E-state index in [1.54, 1.807) is 46.2 Å². The molecule has 0 bridgehead atoms. The van der Waals surface area contributed by atoms with Gasteiger partial charge in [0.05, 0.1) is 5.69 Å². The van der Waals surface area contributed by atoms with Crippen molar-refractivity contribution in [2.45, 2.75) is 26.3 Å². The highest BCUT2D eigenvalue weighted by molar-refractivity contribution is 6.30. The summed E-state index contributed by atoms with van der Waals surface area (Å²) >= 11 is 5.96. The molecule has 1 unspecified atom stereocenters. The maximum Gasteiger partial charge on any atom is 0.254 e. The first-order valence-corrected chi connectivity index (χ1v) is 12.4. The Morgan fingerprint density at radius 2 is 1.64 bits per heavy atom. The summed E-state index contributed by atoms with van der Waals surface area (Å²) < 4.78 is 13.2. The molecule has 1 fully saturated rings. The molecule has 1 atom stereocenters. The predicted molar refractivity (Wildman–Crippen MR) is 138 cm³/mol. The van der Waals surface area contributed by atoms with Crippen LogP contribution in [0, 0.1) is 5.82 Å². The van der Waals surface area contributed by atoms with Gasteiger partial charge in [0, 0.05) is 48.4 Å². The summed E-state index contributed by atoms with van der Waals surface area (Å²) in [4.78, 5) is 31.8. The third kappa shape index (κ3) is 5.99. The van der Waals surface area contributed by atoms with Crippen LogP contribution < -0.4 is 4.90 Å². The van der Waals surface area contributed by atoms with Crippen molar-refractivity contribution in [2.75, 3.05) is 37.6 Å². The summed E-state index contributed by atoms with van der Waals surface area (Å²) in [6.07, 6.45) is 0.743. The van der Waals surface area contributed by atoms with Crippen LogP contribution in [0.4, 0.5) is 10.2 Å². The highest BCUT2D eigenvalue weighted by Crippen LogP contribution is 2.20. The van der Waals surface area contributed by atoms with Crippen molar-refractivity contribution in [2.24, 2.45) is 0 Å². The fourth-order valence-corrected chi connectivity index (χ4v) is 4.23. The van der Waals surface area contributed by atoms with Gasteiger partial charge in [0.25, 0.3) is 5.91 Å². The molecule has 0 spiro atoms. The lowest BCUT2D eigenvalue weighted by atomic mass is 10.1. The van der Waals surface area contributed by atoms with Crippen LogP contribution in [0.2, 0.25) is 5.02 Å². The first-order chi connectivity index (χ1) is 17.4. The molecule has 4 rings (SSSR count). The van der Waals surface area contributed by atoms with Crippen LogP contribution >= 0.6 is 11.6 Å². The molecule has 0 N–H and O–H groups in total. The van der Waals surface area contributed by atoms with Gasteiger partial charge in [-0.3, -0.25) is 9.59 Å². The van der Waals surface area contributed by atoms with E-state index in [0.29, 0.717) is 42.5 Å². The minimum Gasteiger partial charge on any atom is -0.352 e. The second kappa shape index (κ2) is 11.5. The van der Waals surface area contributed by atoms with Crippen LogP contribution in [0.25, 0.3) is 11.3 Å². The van der Waals surface area contributed by atoms with E-state index in [0.717, 1.165) is 17.8 Å². The van der Waals surface area contributed by atoms with Gasteiger partial charge < -0.3 is 14.7 Å². The third-order valence-corrected chi connectivity index (χ3v) is 6.78. The SMILES string of the molecule is CCC(C)N(CC(=O)N1CCN(c2ccc(-c3ccc(F)cc3)nn2)CC1)C(=O)c1ccc(Cl)cc1. The molecular formula is C27H29ClFN5O2. The van der Waals surface area contributed by atoms with Gasteiger partial charge in [-0.15, -0.1) is 10.2 Å². The Kier molecular flexibility index (Phi) is 8.15. The Labute approximate surface area is 215 Å². The summed E-state index contributed by atoms with van der Waals surface area (Å²) in [5, 5.41) is 9.18. The second-order valence-corrected chi connectivity index (χ2v) is 9.29. The van der Waals surface area contributed by atoms with Crippen LogP contribution in [-0.4, -0.2) is 70.6 Å². The molecule has 0 saturated carbocycles. The zero-order valence-electron chi connectivity index (χ0n) is 20.4. The number of carbonyl (C=O) groups is 2. The first kappa shape index (κ1) is 25.6. The highest BCUT2D eigenvalue weighted by Gasteiger charge is 2.28. The van der Waals surface area contributed by atoms with Gasteiger partial charge in [-0.25, -0.2) is 4.39 Å². The van der Waals surface area contributed by atoms with E-state index >= 15 is 0 Å². The van der Waals surface area contributed by atoms with Crippen LogP contribution in [-0.2, 0) is 4.79 Å². The van der Waals surface area contributed by atoms with Crippen molar-refractivity contribution in [3.63, 3.8) is 0 Å². The Hall–Kier alpha value is -3.52. The molecule has 1 saturated heterocycles. The molecule has 2 aromatic carbocycles. The van der Waals surface area contributed by atoms with Gasteiger partial charge in [-0.1, -0.05) is 18.5 Å². The Morgan fingerprint density at radius 1 is 0.972 bits per heavy atom. The lowest BCUT2D eigenvalue weighted by Crippen LogP contribution is -2.53. The molecule has 2 heterocycles. The maximum absolute atomic E-state index is 13.2. The number of aromatic nitrogens is 2. The van der Waals surface area contributed by atoms with Gasteiger partial charge in [0.15, 0.2) is 5.82 Å². The van der Waals surface area contributed by atoms with E-state index in [1.165, 1.54) is 12.1 Å². The standard InChI is InChI=1S/C27H29ClFN5O2/c1-3-19(2)34(27(36)21-4-8-22(28)9-5-21)18-26(35)33-16-14-32(15-17-33)25-13-12-24(30-31-25)20-6-10-23(29)11-7-20/h4-13,19H,3,14-18H2,1-2H3. The number of amides is 2. The molecule has 0 radical (unpaired) electrons. The largest absolute Gasteiger partial charge is 0.352 e. The van der Waals surface area contributed by atoms with Crippen molar-refractivity contribution in [3.05, 3.63) is 77.1 Å². The molecule has 0 aliphatic carbocycles. The van der Waals surface area contributed by atoms with E-state index in [2.05, 4.69) is 15.1 Å². The highest BCUT2D eigenvalue weighted by atomic mass is 35.5. The zero-order chi connectivity index (χ0) is 25.7. The van der Waals surface area contributed by atoms with Crippen molar-refractivity contribution >= 4 is 29.2 Å². The number of benzene rings is 2. The molecule has 1 aliphatic rings. The predicted octanol–water partition coefficient (Wildman–Crippen LogP) is 4.53. The Morgan fingerprint density at radius 3 is 2.22 bits per heavy atom. The smallest absolute Gasteiger partial charge is 0.254 e. The lowest BCUT2D eigenvalue weighted by molar-refractivity contribution is -0.132. The normalized spacial score (nSPS) is 14.4. The van der Waals surface area contributed by atoms with E-state index in [-0.39, 0.29) is 30.2 Å². The molecule has 2 amide bonds. The van der Waals surface area contributed by atoms with Crippen molar-refractivity contribution in [1.82, 2.24) is 20.0 Å². The average molecular weight is 510 g/mol. The molecule has 1 aliphatic heterocycles. The molecule has 1 aromatic heterocycles. The molecular weight excluding hydrogens is 481 g/mol. The van der Waals surface area contributed by atoms with Gasteiger partial charge >= 0.3 is 0 Å². The Balaban J connectivity index is 1.35. The topological polar surface area (TPSA) is 69.6 Å². The number of rotatable bonds is 7.